The Morgan fingerprint density at radius 1 is 1.12 bits per heavy atom. The molecule has 17 heavy (non-hydrogen) atoms. The van der Waals surface area contributed by atoms with E-state index >= 15 is 0 Å². The first-order chi connectivity index (χ1) is 7.71. The van der Waals surface area contributed by atoms with E-state index in [1.165, 1.54) is 10.9 Å². The Bertz CT molecular complexity index is 397. The summed E-state index contributed by atoms with van der Waals surface area (Å²) in [5.41, 5.74) is 0. The van der Waals surface area contributed by atoms with Crippen molar-refractivity contribution in [2.75, 3.05) is 0 Å². The van der Waals surface area contributed by atoms with E-state index in [4.69, 9.17) is 9.47 Å². The summed E-state index contributed by atoms with van der Waals surface area (Å²) in [6.45, 7) is 4.08. The number of fused-ring (bicyclic) bond motifs is 5. The van der Waals surface area contributed by atoms with E-state index in [0.29, 0.717) is 24.0 Å². The second-order valence-electron chi connectivity index (χ2n) is 7.03. The third kappa shape index (κ3) is 1.87. The first-order valence-corrected chi connectivity index (χ1v) is 17.2. The predicted molar refractivity (Wildman–Crippen MR) is 74.7 cm³/mol. The molecule has 4 heteroatoms. The molecule has 1 heterocycles. The fraction of sp³-hybridized carbons (Fsp3) is 0.846. The van der Waals surface area contributed by atoms with Crippen LogP contribution in [0.15, 0.2) is 8.07 Å². The molecule has 4 atom stereocenters. The van der Waals surface area contributed by atoms with E-state index in [0.717, 1.165) is 0 Å². The Kier molecular flexibility index (Phi) is 2.85. The molecular weight excluding hydrogens is 387 g/mol. The van der Waals surface area contributed by atoms with Gasteiger partial charge in [0.25, 0.3) is 0 Å². The monoisotopic (exact) mass is 408 g/mol. The van der Waals surface area contributed by atoms with Crippen molar-refractivity contribution in [1.29, 1.82) is 0 Å². The van der Waals surface area contributed by atoms with Gasteiger partial charge in [0, 0.05) is 0 Å². The molecule has 0 aromatic rings. The molecule has 96 valence electrons. The van der Waals surface area contributed by atoms with Gasteiger partial charge in [-0.25, -0.2) is 0 Å². The summed E-state index contributed by atoms with van der Waals surface area (Å²) in [4.78, 5) is 7.51. The summed E-state index contributed by atoms with van der Waals surface area (Å²) >= 11 is 1.86. The molecule has 1 aliphatic heterocycles. The van der Waals surface area contributed by atoms with E-state index in [9.17, 15) is 0 Å². The minimum atomic E-state index is -2.00. The number of ether oxygens (including phenoxy) is 2. The molecule has 0 aromatic carbocycles. The number of halogens is 1. The van der Waals surface area contributed by atoms with Gasteiger partial charge in [-0.3, -0.25) is 0 Å². The SMILES string of the molecule is CC1(C)O[C@@H]2[C@H](O1)[C@H]1C[C@@H]2C(Br)=[C]1[Sn]([CH3])([CH3])[CH3]. The Labute approximate surface area is 116 Å². The van der Waals surface area contributed by atoms with Crippen molar-refractivity contribution in [3.8, 4) is 0 Å². The zero-order chi connectivity index (χ0) is 12.6. The molecule has 0 amide bonds. The zero-order valence-electron chi connectivity index (χ0n) is 11.2. The summed E-state index contributed by atoms with van der Waals surface area (Å²) in [5, 5.41) is 0. The molecule has 0 aromatic heterocycles. The molecule has 2 bridgehead atoms. The van der Waals surface area contributed by atoms with Crippen LogP contribution in [0.3, 0.4) is 0 Å². The summed E-state index contributed by atoms with van der Waals surface area (Å²) in [6, 6.07) is 0. The van der Waals surface area contributed by atoms with Crippen molar-refractivity contribution in [2.45, 2.75) is 53.1 Å². The summed E-state index contributed by atoms with van der Waals surface area (Å²) in [5.74, 6) is 0.817. The average Bonchev–Trinajstić information content (AvgIpc) is 2.68. The van der Waals surface area contributed by atoms with Gasteiger partial charge in [0.05, 0.1) is 0 Å². The third-order valence-electron chi connectivity index (χ3n) is 4.23. The fourth-order valence-electron chi connectivity index (χ4n) is 3.80. The van der Waals surface area contributed by atoms with Crippen molar-refractivity contribution in [1.82, 2.24) is 0 Å². The molecule has 1 saturated carbocycles. The van der Waals surface area contributed by atoms with Crippen LogP contribution in [-0.2, 0) is 9.47 Å². The van der Waals surface area contributed by atoms with Crippen LogP contribution in [0, 0.1) is 11.8 Å². The number of hydrogen-bond acceptors (Lipinski definition) is 2. The van der Waals surface area contributed by atoms with Gasteiger partial charge in [0.15, 0.2) is 0 Å². The minimum absolute atomic E-state index is 0.293. The van der Waals surface area contributed by atoms with Gasteiger partial charge in [-0.1, -0.05) is 0 Å². The van der Waals surface area contributed by atoms with Crippen LogP contribution in [0.1, 0.15) is 20.3 Å². The predicted octanol–water partition coefficient (Wildman–Crippen LogP) is 3.68. The van der Waals surface area contributed by atoms with Crippen LogP contribution in [0.25, 0.3) is 0 Å². The van der Waals surface area contributed by atoms with Gasteiger partial charge >= 0.3 is 117 Å². The summed E-state index contributed by atoms with van der Waals surface area (Å²) in [6.07, 6.45) is 1.86. The first-order valence-electron chi connectivity index (χ1n) is 6.46. The molecule has 3 rings (SSSR count). The normalized spacial score (nSPS) is 43.4. The molecule has 0 spiro atoms. The van der Waals surface area contributed by atoms with Gasteiger partial charge < -0.3 is 0 Å². The topological polar surface area (TPSA) is 18.5 Å². The quantitative estimate of drug-likeness (QED) is 0.617. The molecular formula is C13H21BrO2Sn. The number of hydrogen-bond donors (Lipinski definition) is 0. The van der Waals surface area contributed by atoms with Crippen molar-refractivity contribution in [3.63, 3.8) is 0 Å². The van der Waals surface area contributed by atoms with Crippen molar-refractivity contribution >= 4 is 34.3 Å². The number of rotatable bonds is 1. The fourth-order valence-corrected chi connectivity index (χ4v) is 15.1. The van der Waals surface area contributed by atoms with Gasteiger partial charge in [-0.15, -0.1) is 0 Å². The first kappa shape index (κ1) is 12.9. The van der Waals surface area contributed by atoms with E-state index in [2.05, 4.69) is 30.7 Å². The van der Waals surface area contributed by atoms with Gasteiger partial charge in [-0.05, 0) is 0 Å². The molecule has 2 nitrogen and oxygen atoms in total. The Hall–Kier alpha value is 0.939. The van der Waals surface area contributed by atoms with Crippen LogP contribution in [0.2, 0.25) is 14.8 Å². The van der Waals surface area contributed by atoms with Gasteiger partial charge in [-0.2, -0.15) is 0 Å². The summed E-state index contributed by atoms with van der Waals surface area (Å²) in [7, 11) is 0. The average molecular weight is 408 g/mol. The molecule has 0 radical (unpaired) electrons. The standard InChI is InChI=1S/C10H12BrO2.3CH3.Sn/c1-10(2)12-8-5-3-6(7(11)4-5)9(8)13-10;;;;/h5-6,8-9H,3H2,1-2H3;3*1H3;/t5-,6+,8+,9-;;;;/m0..../s1. The maximum absolute atomic E-state index is 6.14. The molecule has 1 saturated heterocycles. The maximum atomic E-state index is 6.14. The second kappa shape index (κ2) is 3.74. The zero-order valence-corrected chi connectivity index (χ0v) is 15.7. The molecule has 0 unspecified atom stereocenters. The van der Waals surface area contributed by atoms with E-state index in [1.54, 1.807) is 3.59 Å². The van der Waals surface area contributed by atoms with Gasteiger partial charge in [0.2, 0.25) is 0 Å². The Morgan fingerprint density at radius 2 is 1.65 bits per heavy atom. The Morgan fingerprint density at radius 3 is 2.18 bits per heavy atom. The Balaban J connectivity index is 1.97. The molecule has 3 aliphatic rings. The van der Waals surface area contributed by atoms with Crippen LogP contribution in [-0.4, -0.2) is 36.4 Å². The van der Waals surface area contributed by atoms with Crippen molar-refractivity contribution in [2.24, 2.45) is 11.8 Å². The van der Waals surface area contributed by atoms with Crippen LogP contribution < -0.4 is 0 Å². The third-order valence-corrected chi connectivity index (χ3v) is 12.7. The van der Waals surface area contributed by atoms with Gasteiger partial charge in [0.1, 0.15) is 0 Å². The molecule has 2 fully saturated rings. The van der Waals surface area contributed by atoms with E-state index in [1.807, 2.05) is 13.8 Å². The van der Waals surface area contributed by atoms with Crippen molar-refractivity contribution < 1.29 is 9.47 Å². The second-order valence-corrected chi connectivity index (χ2v) is 22.3. The van der Waals surface area contributed by atoms with Crippen molar-refractivity contribution in [3.05, 3.63) is 8.07 Å². The van der Waals surface area contributed by atoms with E-state index in [-0.39, 0.29) is 5.79 Å². The van der Waals surface area contributed by atoms with Crippen LogP contribution in [0.4, 0.5) is 0 Å². The molecule has 0 N–H and O–H groups in total. The summed E-state index contributed by atoms with van der Waals surface area (Å²) < 4.78 is 15.4. The van der Waals surface area contributed by atoms with Crippen LogP contribution in [0.5, 0.6) is 0 Å². The molecule has 2 aliphatic carbocycles. The van der Waals surface area contributed by atoms with E-state index < -0.39 is 18.4 Å². The van der Waals surface area contributed by atoms with Crippen LogP contribution >= 0.6 is 15.9 Å².